The number of non-ortho nitro benzene ring substituents is 1. The van der Waals surface area contributed by atoms with Crippen LogP contribution in [0, 0.1) is 16.0 Å². The number of piperidine rings is 1. The van der Waals surface area contributed by atoms with Crippen molar-refractivity contribution in [2.45, 2.75) is 26.3 Å². The number of nitrogens with zero attached hydrogens (tertiary/aromatic N) is 3. The highest BCUT2D eigenvalue weighted by Gasteiger charge is 2.17. The summed E-state index contributed by atoms with van der Waals surface area (Å²) in [5, 5.41) is 15.9. The summed E-state index contributed by atoms with van der Waals surface area (Å²) in [5.41, 5.74) is 0.936. The molecule has 0 bridgehead atoms. The third-order valence-electron chi connectivity index (χ3n) is 4.48. The van der Waals surface area contributed by atoms with Crippen LogP contribution in [0.25, 0.3) is 0 Å². The van der Waals surface area contributed by atoms with Crippen molar-refractivity contribution in [2.24, 2.45) is 5.92 Å². The standard InChI is InChI=1S/C18H22N4O4S/c1-13-6-8-21(9-7-13)10-14-12-27-18(19-14)20-17(23)11-26-16-4-2-15(3-5-16)22(24)25/h2-5,12-13H,6-11H2,1H3,(H,19,20,23). The summed E-state index contributed by atoms with van der Waals surface area (Å²) in [6.07, 6.45) is 2.43. The van der Waals surface area contributed by atoms with E-state index in [4.69, 9.17) is 4.74 Å². The van der Waals surface area contributed by atoms with Crippen LogP contribution in [0.4, 0.5) is 10.8 Å². The zero-order valence-electron chi connectivity index (χ0n) is 15.1. The van der Waals surface area contributed by atoms with Gasteiger partial charge in [-0.15, -0.1) is 11.3 Å². The first kappa shape index (κ1) is 19.2. The number of amides is 1. The highest BCUT2D eigenvalue weighted by atomic mass is 32.1. The minimum Gasteiger partial charge on any atom is -0.484 e. The monoisotopic (exact) mass is 390 g/mol. The van der Waals surface area contributed by atoms with E-state index in [2.05, 4.69) is 22.1 Å². The van der Waals surface area contributed by atoms with Crippen molar-refractivity contribution in [3.8, 4) is 5.75 Å². The molecule has 8 nitrogen and oxygen atoms in total. The van der Waals surface area contributed by atoms with Gasteiger partial charge in [0.15, 0.2) is 11.7 Å². The number of likely N-dealkylation sites (tertiary alicyclic amines) is 1. The van der Waals surface area contributed by atoms with Crippen LogP contribution in [0.3, 0.4) is 0 Å². The lowest BCUT2D eigenvalue weighted by Gasteiger charge is -2.29. The minimum absolute atomic E-state index is 0.0229. The van der Waals surface area contributed by atoms with Gasteiger partial charge in [-0.1, -0.05) is 6.92 Å². The maximum absolute atomic E-state index is 12.0. The van der Waals surface area contributed by atoms with Gasteiger partial charge in [-0.05, 0) is 44.0 Å². The quantitative estimate of drug-likeness (QED) is 0.575. The minimum atomic E-state index is -0.485. The third kappa shape index (κ3) is 5.73. The predicted octanol–water partition coefficient (Wildman–Crippen LogP) is 3.30. The van der Waals surface area contributed by atoms with Gasteiger partial charge in [0, 0.05) is 24.1 Å². The first-order valence-corrected chi connectivity index (χ1v) is 9.71. The van der Waals surface area contributed by atoms with E-state index in [1.54, 1.807) is 0 Å². The number of hydrogen-bond acceptors (Lipinski definition) is 7. The molecule has 0 spiro atoms. The Morgan fingerprint density at radius 3 is 2.74 bits per heavy atom. The third-order valence-corrected chi connectivity index (χ3v) is 5.28. The van der Waals surface area contributed by atoms with Gasteiger partial charge in [0.2, 0.25) is 0 Å². The van der Waals surface area contributed by atoms with Crippen molar-refractivity contribution < 1.29 is 14.5 Å². The molecule has 0 saturated carbocycles. The molecule has 0 radical (unpaired) electrons. The second kappa shape index (κ2) is 8.92. The Kier molecular flexibility index (Phi) is 6.36. The molecule has 144 valence electrons. The van der Waals surface area contributed by atoms with E-state index in [1.165, 1.54) is 48.4 Å². The van der Waals surface area contributed by atoms with Gasteiger partial charge >= 0.3 is 0 Å². The van der Waals surface area contributed by atoms with E-state index in [0.29, 0.717) is 10.9 Å². The molecule has 0 unspecified atom stereocenters. The molecule has 1 saturated heterocycles. The molecule has 3 rings (SSSR count). The van der Waals surface area contributed by atoms with E-state index in [-0.39, 0.29) is 18.2 Å². The Hall–Kier alpha value is -2.52. The molecule has 9 heteroatoms. The molecular formula is C18H22N4O4S. The lowest BCUT2D eigenvalue weighted by Crippen LogP contribution is -2.32. The molecule has 27 heavy (non-hydrogen) atoms. The van der Waals surface area contributed by atoms with Crippen LogP contribution in [0.2, 0.25) is 0 Å². The summed E-state index contributed by atoms with van der Waals surface area (Å²) in [6.45, 7) is 5.08. The van der Waals surface area contributed by atoms with Crippen LogP contribution < -0.4 is 10.1 Å². The van der Waals surface area contributed by atoms with E-state index in [1.807, 2.05) is 5.38 Å². The van der Waals surface area contributed by atoms with Crippen molar-refractivity contribution in [1.29, 1.82) is 0 Å². The summed E-state index contributed by atoms with van der Waals surface area (Å²) in [5.74, 6) is 0.873. The molecule has 1 aliphatic rings. The molecule has 1 fully saturated rings. The largest absolute Gasteiger partial charge is 0.484 e. The number of benzene rings is 1. The van der Waals surface area contributed by atoms with E-state index in [9.17, 15) is 14.9 Å². The number of rotatable bonds is 7. The molecule has 2 aromatic rings. The van der Waals surface area contributed by atoms with E-state index in [0.717, 1.165) is 31.2 Å². The van der Waals surface area contributed by atoms with Crippen LogP contribution in [-0.2, 0) is 11.3 Å². The van der Waals surface area contributed by atoms with Gasteiger partial charge in [-0.25, -0.2) is 4.98 Å². The number of carbonyl (C=O) groups excluding carboxylic acids is 1. The van der Waals surface area contributed by atoms with Gasteiger partial charge < -0.3 is 4.74 Å². The number of thiazole rings is 1. The molecule has 1 aromatic carbocycles. The number of hydrogen-bond donors (Lipinski definition) is 1. The van der Waals surface area contributed by atoms with Crippen LogP contribution in [0.1, 0.15) is 25.5 Å². The topological polar surface area (TPSA) is 97.6 Å². The number of ether oxygens (including phenoxy) is 1. The van der Waals surface area contributed by atoms with Gasteiger partial charge in [0.25, 0.3) is 11.6 Å². The Labute approximate surface area is 161 Å². The Bertz CT molecular complexity index is 785. The molecule has 1 aliphatic heterocycles. The van der Waals surface area contributed by atoms with Crippen molar-refractivity contribution in [3.05, 3.63) is 45.5 Å². The lowest BCUT2D eigenvalue weighted by atomic mass is 9.99. The average molecular weight is 390 g/mol. The summed E-state index contributed by atoms with van der Waals surface area (Å²) >= 11 is 1.39. The SMILES string of the molecule is CC1CCN(Cc2csc(NC(=O)COc3ccc([N+](=O)[O-])cc3)n2)CC1. The first-order valence-electron chi connectivity index (χ1n) is 8.83. The molecule has 1 N–H and O–H groups in total. The zero-order valence-corrected chi connectivity index (χ0v) is 15.9. The van der Waals surface area contributed by atoms with E-state index < -0.39 is 4.92 Å². The van der Waals surface area contributed by atoms with Crippen LogP contribution >= 0.6 is 11.3 Å². The normalized spacial score (nSPS) is 15.4. The fourth-order valence-corrected chi connectivity index (χ4v) is 3.57. The Balaban J connectivity index is 1.44. The van der Waals surface area contributed by atoms with Gasteiger partial charge in [0.05, 0.1) is 10.6 Å². The van der Waals surface area contributed by atoms with Crippen molar-refractivity contribution in [3.63, 3.8) is 0 Å². The smallest absolute Gasteiger partial charge is 0.269 e. The molecule has 2 heterocycles. The number of nitrogens with one attached hydrogen (secondary N) is 1. The number of nitro benzene ring substituents is 1. The van der Waals surface area contributed by atoms with Gasteiger partial charge in [0.1, 0.15) is 5.75 Å². The fourth-order valence-electron chi connectivity index (χ4n) is 2.85. The van der Waals surface area contributed by atoms with Crippen molar-refractivity contribution >= 4 is 28.1 Å². The Morgan fingerprint density at radius 1 is 1.37 bits per heavy atom. The maximum atomic E-state index is 12.0. The average Bonchev–Trinajstić information content (AvgIpc) is 3.09. The van der Waals surface area contributed by atoms with Gasteiger partial charge in [-0.3, -0.25) is 25.1 Å². The molecule has 0 atom stereocenters. The van der Waals surface area contributed by atoms with E-state index >= 15 is 0 Å². The number of anilines is 1. The predicted molar refractivity (Wildman–Crippen MR) is 103 cm³/mol. The molecule has 1 aromatic heterocycles. The van der Waals surface area contributed by atoms with Gasteiger partial charge in [-0.2, -0.15) is 0 Å². The first-order chi connectivity index (χ1) is 13.0. The molecule has 1 amide bonds. The summed E-state index contributed by atoms with van der Waals surface area (Å²) < 4.78 is 5.35. The maximum Gasteiger partial charge on any atom is 0.269 e. The number of aromatic nitrogens is 1. The highest BCUT2D eigenvalue weighted by molar-refractivity contribution is 7.13. The summed E-state index contributed by atoms with van der Waals surface area (Å²) in [6, 6.07) is 5.60. The second-order valence-electron chi connectivity index (χ2n) is 6.69. The Morgan fingerprint density at radius 2 is 2.07 bits per heavy atom. The number of nitro groups is 1. The lowest BCUT2D eigenvalue weighted by molar-refractivity contribution is -0.384. The highest BCUT2D eigenvalue weighted by Crippen LogP contribution is 2.21. The molecule has 0 aliphatic carbocycles. The summed E-state index contributed by atoms with van der Waals surface area (Å²) in [7, 11) is 0. The zero-order chi connectivity index (χ0) is 19.2. The second-order valence-corrected chi connectivity index (χ2v) is 7.55. The van der Waals surface area contributed by atoms with Crippen LogP contribution in [-0.4, -0.2) is 40.4 Å². The van der Waals surface area contributed by atoms with Crippen molar-refractivity contribution in [1.82, 2.24) is 9.88 Å². The van der Waals surface area contributed by atoms with Crippen molar-refractivity contribution in [2.75, 3.05) is 25.0 Å². The van der Waals surface area contributed by atoms with Crippen LogP contribution in [0.5, 0.6) is 5.75 Å². The number of carbonyl (C=O) groups is 1. The fraction of sp³-hybridized carbons (Fsp3) is 0.444. The van der Waals surface area contributed by atoms with Crippen LogP contribution in [0.15, 0.2) is 29.6 Å². The summed E-state index contributed by atoms with van der Waals surface area (Å²) in [4.78, 5) is 29.0. The molecular weight excluding hydrogens is 368 g/mol.